The van der Waals surface area contributed by atoms with Crippen LogP contribution in [0.15, 0.2) is 48.5 Å². The van der Waals surface area contributed by atoms with Gasteiger partial charge in [0.25, 0.3) is 5.52 Å². The van der Waals surface area contributed by atoms with Crippen LogP contribution in [-0.2, 0) is 13.8 Å². The monoisotopic (exact) mass is 372 g/mol. The van der Waals surface area contributed by atoms with Gasteiger partial charge in [0.15, 0.2) is 0 Å². The Morgan fingerprint density at radius 2 is 1.61 bits per heavy atom. The van der Waals surface area contributed by atoms with Gasteiger partial charge in [-0.25, -0.2) is 0 Å². The first-order valence-corrected chi connectivity index (χ1v) is 9.17. The number of hydrogen-bond acceptors (Lipinski definition) is 4. The van der Waals surface area contributed by atoms with Crippen molar-refractivity contribution in [3.8, 4) is 0 Å². The zero-order valence-corrected chi connectivity index (χ0v) is 14.8. The third-order valence-electron chi connectivity index (χ3n) is 3.10. The van der Waals surface area contributed by atoms with Gasteiger partial charge in [0.05, 0.1) is 28.8 Å². The molecule has 0 amide bonds. The molecule has 1 unspecified atom stereocenters. The van der Waals surface area contributed by atoms with Crippen LogP contribution in [0.25, 0.3) is 0 Å². The van der Waals surface area contributed by atoms with E-state index in [2.05, 4.69) is 0 Å². The number of carbonyl (C=O) groups excluding carboxylic acids is 1. The van der Waals surface area contributed by atoms with E-state index in [1.165, 1.54) is 19.2 Å². The predicted molar refractivity (Wildman–Crippen MR) is 92.3 cm³/mol. The van der Waals surface area contributed by atoms with Gasteiger partial charge in [0.1, 0.15) is 0 Å². The Balaban J connectivity index is 2.49. The lowest BCUT2D eigenvalue weighted by molar-refractivity contribution is 0.103. The molecule has 122 valence electrons. The van der Waals surface area contributed by atoms with Crippen molar-refractivity contribution in [1.82, 2.24) is 0 Å². The molecule has 7 heteroatoms. The average Bonchev–Trinajstić information content (AvgIpc) is 2.55. The molecule has 2 rings (SSSR count). The smallest absolute Gasteiger partial charge is 0.300 e. The second-order valence-corrected chi connectivity index (χ2v) is 7.71. The third kappa shape index (κ3) is 4.03. The van der Waals surface area contributed by atoms with E-state index in [4.69, 9.17) is 32.5 Å². The number of halogens is 2. The summed E-state index contributed by atoms with van der Waals surface area (Å²) < 4.78 is 23.7. The molecule has 0 bridgehead atoms. The van der Waals surface area contributed by atoms with E-state index in [9.17, 15) is 9.36 Å². The van der Waals surface area contributed by atoms with E-state index in [1.807, 2.05) is 0 Å². The normalized spacial score (nSPS) is 13.5. The molecule has 0 fully saturated rings. The quantitative estimate of drug-likeness (QED) is 0.533. The maximum absolute atomic E-state index is 13.3. The third-order valence-corrected chi connectivity index (χ3v) is 6.01. The molecule has 0 radical (unpaired) electrons. The van der Waals surface area contributed by atoms with E-state index < -0.39 is 12.9 Å². The van der Waals surface area contributed by atoms with Crippen LogP contribution >= 0.6 is 30.6 Å². The Morgan fingerprint density at radius 1 is 1.00 bits per heavy atom. The first-order chi connectivity index (χ1) is 11.0. The summed E-state index contributed by atoms with van der Waals surface area (Å²) in [6, 6.07) is 12.9. The molecule has 0 saturated carbocycles. The van der Waals surface area contributed by atoms with Crippen LogP contribution in [0.5, 0.6) is 0 Å². The minimum Gasteiger partial charge on any atom is -0.382 e. The standard InChI is InChI=1S/C16H15Cl2O4P/c1-21-10-11-22-23(20,12-6-3-2-4-7-12)16(19)15-13(17)8-5-9-14(15)18/h2-9H,10-11H2,1H3. The number of ether oxygens (including phenoxy) is 1. The van der Waals surface area contributed by atoms with Crippen molar-refractivity contribution in [2.45, 2.75) is 0 Å². The maximum Gasteiger partial charge on any atom is 0.300 e. The lowest BCUT2D eigenvalue weighted by atomic mass is 10.2. The maximum atomic E-state index is 13.3. The predicted octanol–water partition coefficient (Wildman–Crippen LogP) is 4.40. The molecule has 2 aromatic carbocycles. The Kier molecular flexibility index (Phi) is 6.40. The van der Waals surface area contributed by atoms with E-state index in [0.29, 0.717) is 0 Å². The first-order valence-electron chi connectivity index (χ1n) is 6.78. The van der Waals surface area contributed by atoms with Gasteiger partial charge in [-0.05, 0) is 24.3 Å². The molecule has 1 atom stereocenters. The zero-order chi connectivity index (χ0) is 16.9. The summed E-state index contributed by atoms with van der Waals surface area (Å²) >= 11 is 12.1. The molecular formula is C16H15Cl2O4P. The summed E-state index contributed by atoms with van der Waals surface area (Å²) in [4.78, 5) is 12.9. The van der Waals surface area contributed by atoms with Gasteiger partial charge in [-0.15, -0.1) is 0 Å². The summed E-state index contributed by atoms with van der Waals surface area (Å²) in [6.07, 6.45) is 0. The molecule has 2 aromatic rings. The summed E-state index contributed by atoms with van der Waals surface area (Å²) in [7, 11) is -2.37. The van der Waals surface area contributed by atoms with Gasteiger partial charge >= 0.3 is 7.37 Å². The van der Waals surface area contributed by atoms with Gasteiger partial charge < -0.3 is 9.26 Å². The number of methoxy groups -OCH3 is 1. The molecule has 4 nitrogen and oxygen atoms in total. The van der Waals surface area contributed by atoms with Gasteiger partial charge in [-0.1, -0.05) is 47.5 Å². The molecular weight excluding hydrogens is 358 g/mol. The molecule has 23 heavy (non-hydrogen) atoms. The van der Waals surface area contributed by atoms with Crippen LogP contribution in [0.3, 0.4) is 0 Å². The Hall–Kier alpha value is -1.16. The highest BCUT2D eigenvalue weighted by Crippen LogP contribution is 2.51. The summed E-state index contributed by atoms with van der Waals surface area (Å²) in [5.41, 5.74) is -0.726. The topological polar surface area (TPSA) is 52.6 Å². The molecule has 0 saturated heterocycles. The minimum atomic E-state index is -3.86. The van der Waals surface area contributed by atoms with Crippen LogP contribution in [0, 0.1) is 0 Å². The van der Waals surface area contributed by atoms with Crippen molar-refractivity contribution in [3.63, 3.8) is 0 Å². The van der Waals surface area contributed by atoms with E-state index in [0.717, 1.165) is 0 Å². The summed E-state index contributed by atoms with van der Waals surface area (Å²) in [5.74, 6) is 0. The molecule has 0 aromatic heterocycles. The largest absolute Gasteiger partial charge is 0.382 e. The fourth-order valence-corrected chi connectivity index (χ4v) is 4.61. The number of benzene rings is 2. The molecule has 0 spiro atoms. The van der Waals surface area contributed by atoms with E-state index in [-0.39, 0.29) is 34.1 Å². The highest BCUT2D eigenvalue weighted by Gasteiger charge is 2.38. The van der Waals surface area contributed by atoms with Crippen molar-refractivity contribution < 1.29 is 18.6 Å². The van der Waals surface area contributed by atoms with Crippen molar-refractivity contribution in [2.24, 2.45) is 0 Å². The fourth-order valence-electron chi connectivity index (χ4n) is 1.97. The molecule has 0 N–H and O–H groups in total. The van der Waals surface area contributed by atoms with Crippen LogP contribution in [0.1, 0.15) is 10.4 Å². The summed E-state index contributed by atoms with van der Waals surface area (Å²) in [6.45, 7) is 0.219. The van der Waals surface area contributed by atoms with Gasteiger partial charge in [0.2, 0.25) is 0 Å². The van der Waals surface area contributed by atoms with Gasteiger partial charge in [-0.2, -0.15) is 0 Å². The first kappa shape index (κ1) is 18.2. The number of hydrogen-bond donors (Lipinski definition) is 0. The fraction of sp³-hybridized carbons (Fsp3) is 0.188. The molecule has 0 aliphatic carbocycles. The van der Waals surface area contributed by atoms with Crippen LogP contribution in [-0.4, -0.2) is 25.8 Å². The molecule has 0 aliphatic heterocycles. The SMILES string of the molecule is COCCOP(=O)(C(=O)c1c(Cl)cccc1Cl)c1ccccc1. The zero-order valence-electron chi connectivity index (χ0n) is 12.4. The highest BCUT2D eigenvalue weighted by molar-refractivity contribution is 7.83. The van der Waals surface area contributed by atoms with Crippen molar-refractivity contribution in [1.29, 1.82) is 0 Å². The van der Waals surface area contributed by atoms with Crippen molar-refractivity contribution >= 4 is 41.4 Å². The highest BCUT2D eigenvalue weighted by atomic mass is 35.5. The second-order valence-electron chi connectivity index (χ2n) is 4.61. The molecule has 0 heterocycles. The second kappa shape index (κ2) is 8.09. The average molecular weight is 373 g/mol. The lowest BCUT2D eigenvalue weighted by Crippen LogP contribution is -2.18. The molecule has 0 aliphatic rings. The van der Waals surface area contributed by atoms with E-state index >= 15 is 0 Å². The van der Waals surface area contributed by atoms with Crippen LogP contribution in [0.4, 0.5) is 0 Å². The summed E-state index contributed by atoms with van der Waals surface area (Å²) in [5, 5.41) is 0.556. The van der Waals surface area contributed by atoms with Crippen LogP contribution in [0.2, 0.25) is 10.0 Å². The Labute approximate surface area is 144 Å². The lowest BCUT2D eigenvalue weighted by Gasteiger charge is -2.18. The van der Waals surface area contributed by atoms with Crippen LogP contribution < -0.4 is 5.30 Å². The Bertz CT molecular complexity index is 714. The number of rotatable bonds is 7. The van der Waals surface area contributed by atoms with Gasteiger partial charge in [0, 0.05) is 12.4 Å². The van der Waals surface area contributed by atoms with Gasteiger partial charge in [-0.3, -0.25) is 9.36 Å². The Morgan fingerprint density at radius 3 is 2.17 bits per heavy atom. The minimum absolute atomic E-state index is 0.000404. The van der Waals surface area contributed by atoms with Crippen molar-refractivity contribution in [2.75, 3.05) is 20.3 Å². The van der Waals surface area contributed by atoms with E-state index in [1.54, 1.807) is 36.4 Å². The van der Waals surface area contributed by atoms with Crippen molar-refractivity contribution in [3.05, 3.63) is 64.1 Å². The number of carbonyl (C=O) groups is 1.